The minimum atomic E-state index is -1.15. The standard InChI is InChI=1S/C16H22O5/c1-13-8-7-10-16(15(13)19,21-14(2)18)9-5-3-4-6-11-20-12-17/h7-8,10,12H,3-6,9,11H2,1-2H3. The second-order valence-electron chi connectivity index (χ2n) is 5.15. The highest BCUT2D eigenvalue weighted by Gasteiger charge is 2.40. The van der Waals surface area contributed by atoms with Gasteiger partial charge in [-0.2, -0.15) is 0 Å². The van der Waals surface area contributed by atoms with E-state index in [0.717, 1.165) is 25.7 Å². The number of rotatable bonds is 9. The Bertz CT molecular complexity index is 450. The normalized spacial score (nSPS) is 20.9. The van der Waals surface area contributed by atoms with Crippen LogP contribution in [0.25, 0.3) is 0 Å². The number of ether oxygens (including phenoxy) is 2. The number of hydrogen-bond donors (Lipinski definition) is 0. The molecule has 1 aliphatic rings. The van der Waals surface area contributed by atoms with Gasteiger partial charge in [0.05, 0.1) is 6.61 Å². The second kappa shape index (κ2) is 8.39. The topological polar surface area (TPSA) is 69.7 Å². The average molecular weight is 294 g/mol. The molecular weight excluding hydrogens is 272 g/mol. The predicted octanol–water partition coefficient (Wildman–Crippen LogP) is 2.50. The number of allylic oxidation sites excluding steroid dienone is 2. The molecule has 0 aromatic rings. The number of ketones is 1. The minimum Gasteiger partial charge on any atom is -0.468 e. The summed E-state index contributed by atoms with van der Waals surface area (Å²) in [4.78, 5) is 33.6. The van der Waals surface area contributed by atoms with Crippen molar-refractivity contribution < 1.29 is 23.9 Å². The van der Waals surface area contributed by atoms with E-state index in [2.05, 4.69) is 4.74 Å². The van der Waals surface area contributed by atoms with Crippen LogP contribution in [0.1, 0.15) is 46.0 Å². The third-order valence-corrected chi connectivity index (χ3v) is 3.41. The number of esters is 1. The zero-order valence-corrected chi connectivity index (χ0v) is 12.6. The van der Waals surface area contributed by atoms with Crippen LogP contribution in [0.15, 0.2) is 23.8 Å². The van der Waals surface area contributed by atoms with Gasteiger partial charge in [-0.25, -0.2) is 0 Å². The third-order valence-electron chi connectivity index (χ3n) is 3.41. The molecule has 5 heteroatoms. The van der Waals surface area contributed by atoms with Crippen molar-refractivity contribution in [2.45, 2.75) is 51.6 Å². The molecule has 1 rings (SSSR count). The fourth-order valence-electron chi connectivity index (χ4n) is 2.39. The molecular formula is C16H22O5. The third kappa shape index (κ3) is 5.17. The highest BCUT2D eigenvalue weighted by molar-refractivity contribution is 6.05. The Hall–Kier alpha value is -1.91. The Labute approximate surface area is 125 Å². The lowest BCUT2D eigenvalue weighted by Gasteiger charge is -2.30. The zero-order chi connectivity index (χ0) is 15.7. The number of unbranched alkanes of at least 4 members (excludes halogenated alkanes) is 3. The molecule has 0 saturated carbocycles. The number of carbonyl (C=O) groups excluding carboxylic acids is 3. The number of carbonyl (C=O) groups is 3. The molecule has 1 unspecified atom stereocenters. The van der Waals surface area contributed by atoms with Gasteiger partial charge in [0, 0.05) is 6.92 Å². The van der Waals surface area contributed by atoms with E-state index >= 15 is 0 Å². The van der Waals surface area contributed by atoms with Crippen molar-refractivity contribution in [2.24, 2.45) is 0 Å². The first kappa shape index (κ1) is 17.1. The molecule has 116 valence electrons. The summed E-state index contributed by atoms with van der Waals surface area (Å²) in [5.74, 6) is -0.605. The van der Waals surface area contributed by atoms with Crippen molar-refractivity contribution in [3.8, 4) is 0 Å². The SMILES string of the molecule is CC(=O)OC1(CCCCCCOC=O)C=CC=C(C)C1=O. The van der Waals surface area contributed by atoms with Crippen LogP contribution in [0.4, 0.5) is 0 Å². The summed E-state index contributed by atoms with van der Waals surface area (Å²) >= 11 is 0. The summed E-state index contributed by atoms with van der Waals surface area (Å²) in [5.41, 5.74) is -0.553. The van der Waals surface area contributed by atoms with Gasteiger partial charge in [0.25, 0.3) is 6.47 Å². The van der Waals surface area contributed by atoms with Crippen LogP contribution >= 0.6 is 0 Å². The van der Waals surface area contributed by atoms with E-state index < -0.39 is 11.6 Å². The summed E-state index contributed by atoms with van der Waals surface area (Å²) in [5, 5.41) is 0. The van der Waals surface area contributed by atoms with Gasteiger partial charge in [0.2, 0.25) is 5.78 Å². The van der Waals surface area contributed by atoms with Crippen LogP contribution in [-0.2, 0) is 23.9 Å². The van der Waals surface area contributed by atoms with E-state index in [0.29, 0.717) is 25.1 Å². The number of Topliss-reactive ketones (excluding diaryl/α,β-unsaturated/α-hetero) is 1. The lowest BCUT2D eigenvalue weighted by atomic mass is 9.84. The van der Waals surface area contributed by atoms with Crippen LogP contribution in [-0.4, -0.2) is 30.4 Å². The van der Waals surface area contributed by atoms with E-state index in [1.165, 1.54) is 6.92 Å². The maximum atomic E-state index is 12.3. The van der Waals surface area contributed by atoms with Crippen molar-refractivity contribution in [3.05, 3.63) is 23.8 Å². The molecule has 0 N–H and O–H groups in total. The average Bonchev–Trinajstić information content (AvgIpc) is 2.43. The van der Waals surface area contributed by atoms with Gasteiger partial charge in [-0.3, -0.25) is 14.4 Å². The fraction of sp³-hybridized carbons (Fsp3) is 0.562. The molecule has 0 heterocycles. The van der Waals surface area contributed by atoms with Crippen LogP contribution in [0.5, 0.6) is 0 Å². The molecule has 0 fully saturated rings. The van der Waals surface area contributed by atoms with Crippen molar-refractivity contribution >= 4 is 18.2 Å². The molecule has 0 aliphatic heterocycles. The van der Waals surface area contributed by atoms with Gasteiger partial charge in [-0.05, 0) is 37.8 Å². The molecule has 1 aliphatic carbocycles. The summed E-state index contributed by atoms with van der Waals surface area (Å²) in [6, 6.07) is 0. The van der Waals surface area contributed by atoms with Gasteiger partial charge < -0.3 is 9.47 Å². The van der Waals surface area contributed by atoms with Crippen LogP contribution in [0, 0.1) is 0 Å². The van der Waals surface area contributed by atoms with Crippen molar-refractivity contribution in [3.63, 3.8) is 0 Å². The van der Waals surface area contributed by atoms with Crippen molar-refractivity contribution in [2.75, 3.05) is 6.61 Å². The molecule has 1 atom stereocenters. The Kier molecular flexibility index (Phi) is 6.85. The Morgan fingerprint density at radius 3 is 2.67 bits per heavy atom. The lowest BCUT2D eigenvalue weighted by molar-refractivity contribution is -0.159. The fourth-order valence-corrected chi connectivity index (χ4v) is 2.39. The molecule has 21 heavy (non-hydrogen) atoms. The first-order valence-corrected chi connectivity index (χ1v) is 7.17. The highest BCUT2D eigenvalue weighted by atomic mass is 16.6. The van der Waals surface area contributed by atoms with Gasteiger partial charge >= 0.3 is 5.97 Å². The second-order valence-corrected chi connectivity index (χ2v) is 5.15. The quantitative estimate of drug-likeness (QED) is 0.371. The van der Waals surface area contributed by atoms with E-state index in [4.69, 9.17) is 4.74 Å². The van der Waals surface area contributed by atoms with Crippen molar-refractivity contribution in [1.82, 2.24) is 0 Å². The molecule has 0 aromatic heterocycles. The summed E-state index contributed by atoms with van der Waals surface area (Å²) in [7, 11) is 0. The maximum Gasteiger partial charge on any atom is 0.303 e. The van der Waals surface area contributed by atoms with Gasteiger partial charge in [0.15, 0.2) is 5.60 Å². The van der Waals surface area contributed by atoms with E-state index in [1.54, 1.807) is 25.2 Å². The van der Waals surface area contributed by atoms with E-state index in [9.17, 15) is 14.4 Å². The largest absolute Gasteiger partial charge is 0.468 e. The molecule has 0 saturated heterocycles. The molecule has 0 bridgehead atoms. The van der Waals surface area contributed by atoms with E-state index in [1.807, 2.05) is 0 Å². The predicted molar refractivity (Wildman–Crippen MR) is 77.5 cm³/mol. The first-order valence-electron chi connectivity index (χ1n) is 7.17. The molecule has 0 radical (unpaired) electrons. The molecule has 0 aromatic carbocycles. The molecule has 0 spiro atoms. The number of hydrogen-bond acceptors (Lipinski definition) is 5. The zero-order valence-electron chi connectivity index (χ0n) is 12.6. The van der Waals surface area contributed by atoms with Gasteiger partial charge in [0.1, 0.15) is 0 Å². The molecule has 5 nitrogen and oxygen atoms in total. The summed E-state index contributed by atoms with van der Waals surface area (Å²) in [6.07, 6.45) is 8.96. The van der Waals surface area contributed by atoms with Crippen LogP contribution in [0.2, 0.25) is 0 Å². The monoisotopic (exact) mass is 294 g/mol. The Balaban J connectivity index is 2.50. The summed E-state index contributed by atoms with van der Waals surface area (Å²) in [6.45, 7) is 3.89. The lowest BCUT2D eigenvalue weighted by Crippen LogP contribution is -2.42. The Morgan fingerprint density at radius 1 is 1.29 bits per heavy atom. The van der Waals surface area contributed by atoms with E-state index in [-0.39, 0.29) is 5.78 Å². The summed E-state index contributed by atoms with van der Waals surface area (Å²) < 4.78 is 9.93. The van der Waals surface area contributed by atoms with Gasteiger partial charge in [-0.15, -0.1) is 0 Å². The van der Waals surface area contributed by atoms with Crippen LogP contribution in [0.3, 0.4) is 0 Å². The maximum absolute atomic E-state index is 12.3. The first-order chi connectivity index (χ1) is 10.0. The van der Waals surface area contributed by atoms with Crippen molar-refractivity contribution in [1.29, 1.82) is 0 Å². The Morgan fingerprint density at radius 2 is 2.00 bits per heavy atom. The minimum absolute atomic E-state index is 0.149. The molecule has 0 amide bonds. The van der Waals surface area contributed by atoms with Crippen LogP contribution < -0.4 is 0 Å². The van der Waals surface area contributed by atoms with Gasteiger partial charge in [-0.1, -0.05) is 25.0 Å². The smallest absolute Gasteiger partial charge is 0.303 e. The highest BCUT2D eigenvalue weighted by Crippen LogP contribution is 2.29.